The van der Waals surface area contributed by atoms with Crippen molar-refractivity contribution in [2.75, 3.05) is 5.32 Å². The lowest BCUT2D eigenvalue weighted by molar-refractivity contribution is 0.264. The Hall–Kier alpha value is -5.58. The van der Waals surface area contributed by atoms with Crippen LogP contribution < -0.4 is 10.1 Å². The highest BCUT2D eigenvalue weighted by molar-refractivity contribution is 7.26. The predicted molar refractivity (Wildman–Crippen MR) is 190 cm³/mol. The first-order valence-electron chi connectivity index (χ1n) is 15.3. The number of hydrogen-bond acceptors (Lipinski definition) is 3. The first-order valence-corrected chi connectivity index (χ1v) is 16.1. The van der Waals surface area contributed by atoms with E-state index in [2.05, 4.69) is 155 Å². The number of thiophene rings is 1. The van der Waals surface area contributed by atoms with Crippen LogP contribution in [0.3, 0.4) is 0 Å². The number of nitrogens with zero attached hydrogens (tertiary/aromatic N) is 1. The zero-order chi connectivity index (χ0) is 29.5. The van der Waals surface area contributed by atoms with Gasteiger partial charge in [0.05, 0.1) is 22.4 Å². The Balaban J connectivity index is 1.18. The van der Waals surface area contributed by atoms with Gasteiger partial charge in [-0.3, -0.25) is 0 Å². The van der Waals surface area contributed by atoms with Gasteiger partial charge in [0.2, 0.25) is 0 Å². The zero-order valence-electron chi connectivity index (χ0n) is 24.2. The topological polar surface area (TPSA) is 26.2 Å². The van der Waals surface area contributed by atoms with E-state index in [1.54, 1.807) is 0 Å². The number of rotatable bonds is 3. The molecule has 3 heterocycles. The highest BCUT2D eigenvalue weighted by atomic mass is 32.1. The average Bonchev–Trinajstić information content (AvgIpc) is 3.80. The summed E-state index contributed by atoms with van der Waals surface area (Å²) in [7, 11) is 0. The minimum absolute atomic E-state index is 0.330. The van der Waals surface area contributed by atoms with E-state index in [9.17, 15) is 0 Å². The Bertz CT molecular complexity index is 2560. The molecule has 0 radical (unpaired) electrons. The van der Waals surface area contributed by atoms with Gasteiger partial charge in [0, 0.05) is 47.5 Å². The van der Waals surface area contributed by atoms with Crippen molar-refractivity contribution >= 4 is 69.8 Å². The van der Waals surface area contributed by atoms with E-state index in [1.807, 2.05) is 11.3 Å². The van der Waals surface area contributed by atoms with Crippen LogP contribution >= 0.6 is 11.3 Å². The largest absolute Gasteiger partial charge is 0.464 e. The van der Waals surface area contributed by atoms with Gasteiger partial charge in [0.1, 0.15) is 0 Å². The molecule has 1 aliphatic heterocycles. The molecule has 0 saturated carbocycles. The van der Waals surface area contributed by atoms with Crippen molar-refractivity contribution in [1.29, 1.82) is 0 Å². The van der Waals surface area contributed by atoms with Crippen LogP contribution in [0.5, 0.6) is 5.75 Å². The molecule has 1 atom stereocenters. The Morgan fingerprint density at radius 2 is 1.18 bits per heavy atom. The predicted octanol–water partition coefficient (Wildman–Crippen LogP) is 11.5. The fourth-order valence-corrected chi connectivity index (χ4v) is 8.43. The van der Waals surface area contributed by atoms with Crippen molar-refractivity contribution in [2.24, 2.45) is 0 Å². The van der Waals surface area contributed by atoms with Gasteiger partial charge in [-0.2, -0.15) is 0 Å². The van der Waals surface area contributed by atoms with Crippen LogP contribution in [-0.4, -0.2) is 4.57 Å². The van der Waals surface area contributed by atoms with Gasteiger partial charge in [-0.1, -0.05) is 115 Å². The first kappa shape index (κ1) is 24.8. The van der Waals surface area contributed by atoms with E-state index in [1.165, 1.54) is 69.6 Å². The van der Waals surface area contributed by atoms with Crippen molar-refractivity contribution in [3.05, 3.63) is 151 Å². The minimum Gasteiger partial charge on any atom is -0.464 e. The fourth-order valence-electron chi connectivity index (χ4n) is 7.29. The van der Waals surface area contributed by atoms with Crippen LogP contribution in [0.1, 0.15) is 11.8 Å². The second-order valence-electron chi connectivity index (χ2n) is 11.7. The number of ether oxygens (including phenoxy) is 1. The monoisotopic (exact) mass is 594 g/mol. The molecule has 1 N–H and O–H groups in total. The first-order chi connectivity index (χ1) is 22.3. The highest BCUT2D eigenvalue weighted by Gasteiger charge is 2.31. The molecule has 0 saturated heterocycles. The third kappa shape index (κ3) is 3.57. The number of hydrogen-bond donors (Lipinski definition) is 1. The highest BCUT2D eigenvalue weighted by Crippen LogP contribution is 2.53. The fraction of sp³-hybridized carbons (Fsp3) is 0.0244. The summed E-state index contributed by atoms with van der Waals surface area (Å²) in [4.78, 5) is 0. The van der Waals surface area contributed by atoms with Crippen LogP contribution in [0.2, 0.25) is 0 Å². The average molecular weight is 595 g/mol. The normalized spacial score (nSPS) is 14.4. The second-order valence-corrected chi connectivity index (χ2v) is 12.8. The van der Waals surface area contributed by atoms with E-state index in [4.69, 9.17) is 4.74 Å². The molecule has 0 spiro atoms. The van der Waals surface area contributed by atoms with Crippen LogP contribution in [0, 0.1) is 0 Å². The molecule has 10 rings (SSSR count). The number of nitrogens with one attached hydrogen (secondary N) is 1. The van der Waals surface area contributed by atoms with Crippen LogP contribution in [0.25, 0.3) is 69.6 Å². The molecule has 212 valence electrons. The summed E-state index contributed by atoms with van der Waals surface area (Å²) in [6.07, 6.45) is -0.330. The maximum Gasteiger partial charge on any atom is 0.197 e. The van der Waals surface area contributed by atoms with Crippen molar-refractivity contribution in [3.8, 4) is 22.6 Å². The van der Waals surface area contributed by atoms with Gasteiger partial charge >= 0.3 is 0 Å². The lowest BCUT2D eigenvalue weighted by Crippen LogP contribution is -2.11. The number of anilines is 1. The molecule has 4 heteroatoms. The maximum absolute atomic E-state index is 7.00. The molecule has 1 aliphatic rings. The SMILES string of the molecule is c1ccc(-c2cc3sc4ccccc4c3c3c2NC(c2ccc(-n4c5ccccc5c5ccccc54)c4ccccc24)O3)cc1. The summed E-state index contributed by atoms with van der Waals surface area (Å²) in [6.45, 7) is 0. The molecule has 3 nitrogen and oxygen atoms in total. The summed E-state index contributed by atoms with van der Waals surface area (Å²) < 4.78 is 11.9. The molecule has 0 fully saturated rings. The Morgan fingerprint density at radius 1 is 0.556 bits per heavy atom. The molecule has 1 unspecified atom stereocenters. The van der Waals surface area contributed by atoms with Crippen molar-refractivity contribution in [1.82, 2.24) is 4.57 Å². The Kier molecular flexibility index (Phi) is 5.22. The summed E-state index contributed by atoms with van der Waals surface area (Å²) in [6, 6.07) is 52.2. The molecule has 0 amide bonds. The van der Waals surface area contributed by atoms with E-state index in [0.29, 0.717) is 0 Å². The van der Waals surface area contributed by atoms with Crippen LogP contribution in [0.4, 0.5) is 5.69 Å². The van der Waals surface area contributed by atoms with Gasteiger partial charge in [0.15, 0.2) is 12.0 Å². The Morgan fingerprint density at radius 3 is 1.93 bits per heavy atom. The molecule has 45 heavy (non-hydrogen) atoms. The van der Waals surface area contributed by atoms with Gasteiger partial charge in [-0.05, 0) is 41.3 Å². The minimum atomic E-state index is -0.330. The van der Waals surface area contributed by atoms with E-state index < -0.39 is 0 Å². The van der Waals surface area contributed by atoms with Crippen molar-refractivity contribution < 1.29 is 4.74 Å². The molecular weight excluding hydrogens is 569 g/mol. The maximum atomic E-state index is 7.00. The summed E-state index contributed by atoms with van der Waals surface area (Å²) in [5.41, 5.74) is 8.10. The molecular formula is C41H26N2OS. The molecule has 2 aromatic heterocycles. The summed E-state index contributed by atoms with van der Waals surface area (Å²) in [5.74, 6) is 0.935. The molecule has 7 aromatic carbocycles. The van der Waals surface area contributed by atoms with E-state index in [0.717, 1.165) is 17.0 Å². The smallest absolute Gasteiger partial charge is 0.197 e. The van der Waals surface area contributed by atoms with Gasteiger partial charge in [-0.25, -0.2) is 0 Å². The van der Waals surface area contributed by atoms with Crippen molar-refractivity contribution in [3.63, 3.8) is 0 Å². The summed E-state index contributed by atoms with van der Waals surface area (Å²) >= 11 is 1.83. The van der Waals surface area contributed by atoms with E-state index >= 15 is 0 Å². The number of benzene rings is 7. The standard InChI is InChI=1S/C41H26N2OS/c1-2-12-25(13-3-1)32-24-37-38(31-18-8-11-21-36(31)45-37)40-39(32)42-41(44-40)30-22-23-35(27-15-5-4-14-26(27)30)43-33-19-9-6-16-28(33)29-17-7-10-20-34(29)43/h1-24,41-42H. The number of aromatic nitrogens is 1. The third-order valence-corrected chi connectivity index (χ3v) is 10.4. The van der Waals surface area contributed by atoms with Crippen LogP contribution in [0.15, 0.2) is 146 Å². The van der Waals surface area contributed by atoms with Gasteiger partial charge in [-0.15, -0.1) is 11.3 Å². The van der Waals surface area contributed by atoms with E-state index in [-0.39, 0.29) is 6.23 Å². The Labute approximate surface area is 263 Å². The summed E-state index contributed by atoms with van der Waals surface area (Å²) in [5, 5.41) is 11.2. The van der Waals surface area contributed by atoms with Gasteiger partial charge < -0.3 is 14.6 Å². The third-order valence-electron chi connectivity index (χ3n) is 9.26. The second kappa shape index (κ2) is 9.46. The molecule has 9 aromatic rings. The number of fused-ring (bicyclic) bond motifs is 9. The molecule has 0 aliphatic carbocycles. The molecule has 0 bridgehead atoms. The van der Waals surface area contributed by atoms with Crippen LogP contribution in [-0.2, 0) is 0 Å². The van der Waals surface area contributed by atoms with Crippen molar-refractivity contribution in [2.45, 2.75) is 6.23 Å². The lowest BCUT2D eigenvalue weighted by Gasteiger charge is -2.18. The number of para-hydroxylation sites is 2. The zero-order valence-corrected chi connectivity index (χ0v) is 25.0. The van der Waals surface area contributed by atoms with Gasteiger partial charge in [0.25, 0.3) is 0 Å². The lowest BCUT2D eigenvalue weighted by atomic mass is 10.00. The quantitative estimate of drug-likeness (QED) is 0.220.